The number of aromatic hydroxyl groups is 1. The van der Waals surface area contributed by atoms with Crippen molar-refractivity contribution >= 4 is 5.97 Å². The fraction of sp³-hybridized carbons (Fsp3) is 0.217. The molecule has 0 aliphatic rings. The molecule has 0 saturated heterocycles. The summed E-state index contributed by atoms with van der Waals surface area (Å²) in [7, 11) is 0. The maximum atomic E-state index is 11.5. The van der Waals surface area contributed by atoms with Crippen molar-refractivity contribution in [1.29, 1.82) is 5.26 Å². The Morgan fingerprint density at radius 1 is 1.14 bits per heavy atom. The number of phenolic OH excluding ortho intramolecular Hbond substituents is 1. The van der Waals surface area contributed by atoms with E-state index < -0.39 is 5.97 Å². The van der Waals surface area contributed by atoms with E-state index in [-0.39, 0.29) is 11.5 Å². The molecule has 1 aromatic heterocycles. The van der Waals surface area contributed by atoms with Gasteiger partial charge in [0.05, 0.1) is 11.6 Å². The van der Waals surface area contributed by atoms with Crippen LogP contribution in [-0.4, -0.2) is 16.2 Å². The minimum Gasteiger partial charge on any atom is -0.508 e. The van der Waals surface area contributed by atoms with Crippen LogP contribution < -0.4 is 0 Å². The molecular formula is C23H21NO4. The summed E-state index contributed by atoms with van der Waals surface area (Å²) in [5, 5.41) is 28.9. The van der Waals surface area contributed by atoms with Crippen LogP contribution in [0.3, 0.4) is 0 Å². The van der Waals surface area contributed by atoms with Crippen LogP contribution in [0.15, 0.2) is 40.8 Å². The number of phenols is 1. The third-order valence-electron chi connectivity index (χ3n) is 4.80. The summed E-state index contributed by atoms with van der Waals surface area (Å²) in [6, 6.07) is 12.9. The van der Waals surface area contributed by atoms with E-state index in [0.29, 0.717) is 28.0 Å². The molecule has 0 aliphatic heterocycles. The van der Waals surface area contributed by atoms with Gasteiger partial charge in [-0.2, -0.15) is 5.26 Å². The molecule has 3 rings (SSSR count). The molecule has 0 atom stereocenters. The van der Waals surface area contributed by atoms with E-state index in [0.717, 1.165) is 29.5 Å². The average Bonchev–Trinajstić information content (AvgIpc) is 2.96. The number of furan rings is 1. The number of nitriles is 1. The molecule has 3 aromatic rings. The van der Waals surface area contributed by atoms with Gasteiger partial charge >= 0.3 is 5.97 Å². The maximum absolute atomic E-state index is 11.5. The van der Waals surface area contributed by atoms with E-state index in [9.17, 15) is 20.3 Å². The number of carbonyl (C=O) groups is 1. The van der Waals surface area contributed by atoms with Crippen molar-refractivity contribution in [3.8, 4) is 34.1 Å². The Kier molecular flexibility index (Phi) is 5.23. The van der Waals surface area contributed by atoms with Gasteiger partial charge in [-0.25, -0.2) is 4.79 Å². The van der Waals surface area contributed by atoms with Crippen LogP contribution in [0, 0.1) is 25.2 Å². The van der Waals surface area contributed by atoms with Gasteiger partial charge in [0.2, 0.25) is 5.76 Å². The van der Waals surface area contributed by atoms with Crippen LogP contribution in [0.4, 0.5) is 0 Å². The quantitative estimate of drug-likeness (QED) is 0.617. The summed E-state index contributed by atoms with van der Waals surface area (Å²) in [6.07, 6.45) is 1.76. The van der Waals surface area contributed by atoms with E-state index >= 15 is 0 Å². The van der Waals surface area contributed by atoms with Crippen LogP contribution in [0.5, 0.6) is 5.75 Å². The molecule has 5 heteroatoms. The second kappa shape index (κ2) is 7.61. The highest BCUT2D eigenvalue weighted by molar-refractivity contribution is 5.95. The van der Waals surface area contributed by atoms with Crippen LogP contribution in [0.1, 0.15) is 46.3 Å². The largest absolute Gasteiger partial charge is 0.508 e. The van der Waals surface area contributed by atoms with E-state index in [4.69, 9.17) is 4.42 Å². The number of benzene rings is 2. The highest BCUT2D eigenvalue weighted by Gasteiger charge is 2.25. The summed E-state index contributed by atoms with van der Waals surface area (Å²) in [5.41, 5.74) is 4.91. The van der Waals surface area contributed by atoms with Gasteiger partial charge in [-0.15, -0.1) is 0 Å². The van der Waals surface area contributed by atoms with E-state index in [1.54, 1.807) is 38.1 Å². The van der Waals surface area contributed by atoms with Crippen molar-refractivity contribution in [2.24, 2.45) is 0 Å². The second-order valence-electron chi connectivity index (χ2n) is 6.77. The molecule has 2 aromatic carbocycles. The summed E-state index contributed by atoms with van der Waals surface area (Å²) in [5.74, 6) is -0.654. The maximum Gasteiger partial charge on any atom is 0.372 e. The lowest BCUT2D eigenvalue weighted by Crippen LogP contribution is -1.98. The van der Waals surface area contributed by atoms with Gasteiger partial charge in [0.25, 0.3) is 0 Å². The highest BCUT2D eigenvalue weighted by Crippen LogP contribution is 2.41. The van der Waals surface area contributed by atoms with Crippen molar-refractivity contribution in [1.82, 2.24) is 0 Å². The normalized spacial score (nSPS) is 10.6. The molecule has 0 saturated carbocycles. The number of hydrogen-bond acceptors (Lipinski definition) is 4. The fourth-order valence-corrected chi connectivity index (χ4v) is 3.59. The zero-order valence-electron chi connectivity index (χ0n) is 16.0. The summed E-state index contributed by atoms with van der Waals surface area (Å²) in [4.78, 5) is 11.5. The molecule has 0 amide bonds. The number of carboxylic acid groups (broad SMARTS) is 1. The molecule has 0 bridgehead atoms. The first-order valence-corrected chi connectivity index (χ1v) is 9.07. The molecule has 5 nitrogen and oxygen atoms in total. The van der Waals surface area contributed by atoms with Gasteiger partial charge in [0, 0.05) is 16.7 Å². The van der Waals surface area contributed by atoms with Gasteiger partial charge in [-0.05, 0) is 55.2 Å². The van der Waals surface area contributed by atoms with Crippen LogP contribution in [0.25, 0.3) is 22.3 Å². The Bertz CT molecular complexity index is 1090. The SMILES string of the molecule is CCCc1cc(C#N)c(-c2c(C)oc(C(=O)O)c2C)c(-c2ccc(O)cc2)c1. The molecule has 0 spiro atoms. The second-order valence-corrected chi connectivity index (χ2v) is 6.77. The van der Waals surface area contributed by atoms with Crippen molar-refractivity contribution < 1.29 is 19.4 Å². The molecule has 28 heavy (non-hydrogen) atoms. The first-order chi connectivity index (χ1) is 13.4. The number of rotatable bonds is 5. The molecular weight excluding hydrogens is 354 g/mol. The molecule has 0 fully saturated rings. The minimum absolute atomic E-state index is 0.120. The first kappa shape index (κ1) is 19.2. The van der Waals surface area contributed by atoms with Gasteiger partial charge in [0.15, 0.2) is 0 Å². The standard InChI is InChI=1S/C23H21NO4/c1-4-5-15-10-17(12-24)21(19(11-15)16-6-8-18(25)9-7-16)20-13(2)22(23(26)27)28-14(20)3/h6-11,25H,4-5H2,1-3H3,(H,26,27). The predicted octanol–water partition coefficient (Wildman–Crippen LogP) is 5.46. The number of carboxylic acids is 1. The topological polar surface area (TPSA) is 94.5 Å². The number of hydrogen-bond donors (Lipinski definition) is 2. The first-order valence-electron chi connectivity index (χ1n) is 9.07. The van der Waals surface area contributed by atoms with Crippen molar-refractivity contribution in [3.05, 3.63) is 64.6 Å². The average molecular weight is 375 g/mol. The van der Waals surface area contributed by atoms with E-state index in [1.165, 1.54) is 0 Å². The van der Waals surface area contributed by atoms with Gasteiger partial charge < -0.3 is 14.6 Å². The van der Waals surface area contributed by atoms with Crippen LogP contribution >= 0.6 is 0 Å². The lowest BCUT2D eigenvalue weighted by molar-refractivity contribution is 0.0660. The summed E-state index contributed by atoms with van der Waals surface area (Å²) in [6.45, 7) is 5.47. The Morgan fingerprint density at radius 2 is 1.82 bits per heavy atom. The summed E-state index contributed by atoms with van der Waals surface area (Å²) >= 11 is 0. The summed E-state index contributed by atoms with van der Waals surface area (Å²) < 4.78 is 5.50. The molecule has 1 heterocycles. The molecule has 0 aliphatic carbocycles. The lowest BCUT2D eigenvalue weighted by Gasteiger charge is -2.15. The van der Waals surface area contributed by atoms with Crippen molar-refractivity contribution in [2.45, 2.75) is 33.6 Å². The van der Waals surface area contributed by atoms with E-state index in [1.807, 2.05) is 12.1 Å². The number of aromatic carboxylic acids is 1. The highest BCUT2D eigenvalue weighted by atomic mass is 16.4. The van der Waals surface area contributed by atoms with Crippen molar-refractivity contribution in [2.75, 3.05) is 0 Å². The Labute approximate surface area is 163 Å². The minimum atomic E-state index is -1.14. The van der Waals surface area contributed by atoms with Crippen molar-refractivity contribution in [3.63, 3.8) is 0 Å². The molecule has 142 valence electrons. The third-order valence-corrected chi connectivity index (χ3v) is 4.80. The van der Waals surface area contributed by atoms with Crippen LogP contribution in [0.2, 0.25) is 0 Å². The molecule has 0 unspecified atom stereocenters. The van der Waals surface area contributed by atoms with Crippen LogP contribution in [-0.2, 0) is 6.42 Å². The van der Waals surface area contributed by atoms with E-state index in [2.05, 4.69) is 13.0 Å². The number of aryl methyl sites for hydroxylation is 2. The Balaban J connectivity index is 2.39. The van der Waals surface area contributed by atoms with Gasteiger partial charge in [-0.1, -0.05) is 31.5 Å². The Hall–Kier alpha value is -3.52. The zero-order chi connectivity index (χ0) is 20.4. The molecule has 0 radical (unpaired) electrons. The zero-order valence-corrected chi connectivity index (χ0v) is 16.0. The smallest absolute Gasteiger partial charge is 0.372 e. The van der Waals surface area contributed by atoms with Gasteiger partial charge in [-0.3, -0.25) is 0 Å². The lowest BCUT2D eigenvalue weighted by atomic mass is 9.86. The Morgan fingerprint density at radius 3 is 2.36 bits per heavy atom. The fourth-order valence-electron chi connectivity index (χ4n) is 3.59. The van der Waals surface area contributed by atoms with Gasteiger partial charge in [0.1, 0.15) is 11.5 Å². The monoisotopic (exact) mass is 375 g/mol. The molecule has 2 N–H and O–H groups in total. The number of nitrogens with zero attached hydrogens (tertiary/aromatic N) is 1. The predicted molar refractivity (Wildman–Crippen MR) is 106 cm³/mol. The third kappa shape index (κ3) is 3.37.